The van der Waals surface area contributed by atoms with Crippen LogP contribution in [0.15, 0.2) is 0 Å². The van der Waals surface area contributed by atoms with Crippen molar-refractivity contribution < 1.29 is 14.7 Å². The summed E-state index contributed by atoms with van der Waals surface area (Å²) in [6.07, 6.45) is 4.86. The zero-order valence-electron chi connectivity index (χ0n) is 12.3. The van der Waals surface area contributed by atoms with Gasteiger partial charge in [-0.25, -0.2) is 0 Å². The molecule has 1 N–H and O–H groups in total. The van der Waals surface area contributed by atoms with E-state index in [2.05, 4.69) is 19.2 Å². The maximum atomic E-state index is 11.6. The van der Waals surface area contributed by atoms with Crippen molar-refractivity contribution in [2.45, 2.75) is 70.4 Å². The van der Waals surface area contributed by atoms with Crippen LogP contribution in [-0.2, 0) is 9.63 Å². The van der Waals surface area contributed by atoms with Gasteiger partial charge in [0.2, 0.25) is 5.91 Å². The average molecular weight is 282 g/mol. The van der Waals surface area contributed by atoms with Crippen molar-refractivity contribution in [1.29, 1.82) is 0 Å². The van der Waals surface area contributed by atoms with E-state index in [4.69, 9.17) is 4.84 Å². The van der Waals surface area contributed by atoms with E-state index in [1.807, 2.05) is 0 Å². The second kappa shape index (κ2) is 3.65. The summed E-state index contributed by atoms with van der Waals surface area (Å²) in [6.45, 7) is 5.87. The Balaban J connectivity index is 2.00. The number of nitrogens with one attached hydrogen (secondary N) is 1. The lowest BCUT2D eigenvalue weighted by Crippen LogP contribution is -2.71. The highest BCUT2D eigenvalue weighted by atomic mass is 17.0. The second-order valence-corrected chi connectivity index (χ2v) is 8.14. The Morgan fingerprint density at radius 1 is 1.10 bits per heavy atom. The van der Waals surface area contributed by atoms with E-state index in [0.717, 1.165) is 32.1 Å². The lowest BCUT2D eigenvalue weighted by molar-refractivity contribution is -0.786. The van der Waals surface area contributed by atoms with Crippen LogP contribution in [0.1, 0.15) is 59.3 Å². The molecule has 6 nitrogen and oxygen atoms in total. The predicted octanol–water partition coefficient (Wildman–Crippen LogP) is 2.20. The molecule has 4 fully saturated rings. The van der Waals surface area contributed by atoms with Gasteiger partial charge < -0.3 is 10.2 Å². The number of carbonyl (C=O) groups excluding carboxylic acids is 1. The molecule has 4 saturated carbocycles. The Morgan fingerprint density at radius 3 is 2.10 bits per heavy atom. The monoisotopic (exact) mass is 282 g/mol. The maximum Gasteiger partial charge on any atom is 0.295 e. The largest absolute Gasteiger partial charge is 0.351 e. The van der Waals surface area contributed by atoms with Crippen LogP contribution in [0.2, 0.25) is 0 Å². The fourth-order valence-electron chi connectivity index (χ4n) is 6.35. The average Bonchev–Trinajstić information content (AvgIpc) is 2.03. The summed E-state index contributed by atoms with van der Waals surface area (Å²) >= 11 is 0. The molecule has 6 heteroatoms. The van der Waals surface area contributed by atoms with Crippen LogP contribution in [-0.4, -0.2) is 22.1 Å². The molecule has 1 amide bonds. The number of carbonyl (C=O) groups is 1. The molecule has 0 aliphatic heterocycles. The van der Waals surface area contributed by atoms with Crippen LogP contribution >= 0.6 is 0 Å². The molecule has 0 saturated heterocycles. The molecule has 0 heterocycles. The molecule has 0 spiro atoms. The number of hydrogen-bond acceptors (Lipinski definition) is 4. The fourth-order valence-corrected chi connectivity index (χ4v) is 6.35. The minimum Gasteiger partial charge on any atom is -0.351 e. The Bertz CT molecular complexity index is 434. The Kier molecular flexibility index (Phi) is 2.49. The zero-order valence-corrected chi connectivity index (χ0v) is 12.3. The molecule has 4 aliphatic carbocycles. The first-order chi connectivity index (χ1) is 9.08. The molecule has 4 rings (SSSR count). The standard InChI is InChI=1S/C14H22N2O4/c1-10(17)15-13-5-11(2)4-12(3,6-13)8-14(7-11,9-13)20-16(18)19/h4-9H2,1-3H3,(H,15,17). The Morgan fingerprint density at radius 2 is 1.65 bits per heavy atom. The molecule has 0 radical (unpaired) electrons. The van der Waals surface area contributed by atoms with Gasteiger partial charge in [0.05, 0.1) is 0 Å². The summed E-state index contributed by atoms with van der Waals surface area (Å²) in [6, 6.07) is 0. The van der Waals surface area contributed by atoms with Crippen LogP contribution in [0.5, 0.6) is 0 Å². The molecule has 0 aromatic rings. The van der Waals surface area contributed by atoms with E-state index in [-0.39, 0.29) is 22.3 Å². The highest BCUT2D eigenvalue weighted by Crippen LogP contribution is 2.68. The molecule has 4 aliphatic rings. The molecule has 0 aromatic carbocycles. The van der Waals surface area contributed by atoms with Crippen LogP contribution < -0.4 is 5.32 Å². The summed E-state index contributed by atoms with van der Waals surface area (Å²) < 4.78 is 0. The van der Waals surface area contributed by atoms with Gasteiger partial charge in [0.15, 0.2) is 0 Å². The molecule has 0 aromatic heterocycles. The van der Waals surface area contributed by atoms with E-state index >= 15 is 0 Å². The van der Waals surface area contributed by atoms with Gasteiger partial charge in [-0.2, -0.15) is 0 Å². The van der Waals surface area contributed by atoms with Crippen LogP contribution in [0.4, 0.5) is 0 Å². The minimum atomic E-state index is -0.718. The van der Waals surface area contributed by atoms with Crippen molar-refractivity contribution in [3.8, 4) is 0 Å². The van der Waals surface area contributed by atoms with Crippen molar-refractivity contribution in [2.24, 2.45) is 10.8 Å². The lowest BCUT2D eigenvalue weighted by Gasteiger charge is -2.68. The summed E-state index contributed by atoms with van der Waals surface area (Å²) in [5.41, 5.74) is -1.02. The predicted molar refractivity (Wildman–Crippen MR) is 71.3 cm³/mol. The third kappa shape index (κ3) is 2.05. The number of amides is 1. The number of rotatable bonds is 3. The first-order valence-corrected chi connectivity index (χ1v) is 7.20. The van der Waals surface area contributed by atoms with Gasteiger partial charge in [-0.15, -0.1) is 10.1 Å². The van der Waals surface area contributed by atoms with Gasteiger partial charge in [0.1, 0.15) is 5.60 Å². The summed E-state index contributed by atoms with van der Waals surface area (Å²) in [5, 5.41) is 13.4. The van der Waals surface area contributed by atoms with Gasteiger partial charge in [-0.05, 0) is 49.4 Å². The molecular formula is C14H22N2O4. The van der Waals surface area contributed by atoms with Crippen molar-refractivity contribution >= 4 is 5.91 Å². The molecule has 2 atom stereocenters. The summed E-state index contributed by atoms with van der Waals surface area (Å²) in [7, 11) is 0. The van der Waals surface area contributed by atoms with Crippen LogP contribution in [0, 0.1) is 20.9 Å². The van der Waals surface area contributed by atoms with E-state index < -0.39 is 10.7 Å². The van der Waals surface area contributed by atoms with Crippen LogP contribution in [0.25, 0.3) is 0 Å². The van der Waals surface area contributed by atoms with Crippen molar-refractivity contribution in [3.05, 3.63) is 10.1 Å². The highest BCUT2D eigenvalue weighted by molar-refractivity contribution is 5.74. The van der Waals surface area contributed by atoms with Crippen molar-refractivity contribution in [1.82, 2.24) is 5.32 Å². The first-order valence-electron chi connectivity index (χ1n) is 7.20. The smallest absolute Gasteiger partial charge is 0.295 e. The summed E-state index contributed by atoms with van der Waals surface area (Å²) in [4.78, 5) is 27.7. The summed E-state index contributed by atoms with van der Waals surface area (Å²) in [5.74, 6) is -0.0598. The van der Waals surface area contributed by atoms with E-state index in [1.165, 1.54) is 6.92 Å². The van der Waals surface area contributed by atoms with E-state index in [0.29, 0.717) is 6.42 Å². The Labute approximate surface area is 118 Å². The second-order valence-electron chi connectivity index (χ2n) is 8.14. The maximum absolute atomic E-state index is 11.6. The molecule has 112 valence electrons. The van der Waals surface area contributed by atoms with E-state index in [9.17, 15) is 14.9 Å². The van der Waals surface area contributed by atoms with Gasteiger partial charge >= 0.3 is 0 Å². The normalized spacial score (nSPS) is 49.0. The molecular weight excluding hydrogens is 260 g/mol. The zero-order chi connectivity index (χ0) is 14.8. The highest BCUT2D eigenvalue weighted by Gasteiger charge is 2.67. The first kappa shape index (κ1) is 13.6. The van der Waals surface area contributed by atoms with Crippen molar-refractivity contribution in [3.63, 3.8) is 0 Å². The fraction of sp³-hybridized carbons (Fsp3) is 0.929. The molecule has 20 heavy (non-hydrogen) atoms. The van der Waals surface area contributed by atoms with Gasteiger partial charge in [-0.1, -0.05) is 13.8 Å². The third-order valence-electron chi connectivity index (χ3n) is 5.25. The van der Waals surface area contributed by atoms with Gasteiger partial charge in [0, 0.05) is 12.5 Å². The molecule has 2 unspecified atom stereocenters. The van der Waals surface area contributed by atoms with Crippen molar-refractivity contribution in [2.75, 3.05) is 0 Å². The minimum absolute atomic E-state index is 0.0158. The number of hydrogen-bond donors (Lipinski definition) is 1. The van der Waals surface area contributed by atoms with Gasteiger partial charge in [-0.3, -0.25) is 4.79 Å². The number of nitrogens with zero attached hydrogens (tertiary/aromatic N) is 1. The topological polar surface area (TPSA) is 81.5 Å². The van der Waals surface area contributed by atoms with E-state index in [1.54, 1.807) is 0 Å². The quantitative estimate of drug-likeness (QED) is 0.635. The SMILES string of the molecule is CC(=O)NC12CC3(C)CC(C)(C1)CC(O[N+](=O)[O-])(C3)C2. The lowest BCUT2D eigenvalue weighted by atomic mass is 9.41. The Hall–Kier alpha value is -1.33. The molecule has 4 bridgehead atoms. The third-order valence-corrected chi connectivity index (χ3v) is 5.25. The van der Waals surface area contributed by atoms with Crippen LogP contribution in [0.3, 0.4) is 0 Å². The van der Waals surface area contributed by atoms with Gasteiger partial charge in [0.25, 0.3) is 5.09 Å².